The summed E-state index contributed by atoms with van der Waals surface area (Å²) in [6.07, 6.45) is 4.02. The summed E-state index contributed by atoms with van der Waals surface area (Å²) >= 11 is 0. The quantitative estimate of drug-likeness (QED) is 0.171. The monoisotopic (exact) mass is 713 g/mol. The van der Waals surface area contributed by atoms with Gasteiger partial charge in [-0.1, -0.05) is 18.1 Å². The summed E-state index contributed by atoms with van der Waals surface area (Å²) in [5.74, 6) is -1.14. The molecule has 2 unspecified atom stereocenters. The van der Waals surface area contributed by atoms with Crippen molar-refractivity contribution >= 4 is 33.5 Å². The van der Waals surface area contributed by atoms with Gasteiger partial charge in [0.1, 0.15) is 35.7 Å². The zero-order chi connectivity index (χ0) is 36.2. The molecule has 0 spiro atoms. The summed E-state index contributed by atoms with van der Waals surface area (Å²) in [4.78, 5) is 22.6. The number of aromatic hydroxyl groups is 1. The highest BCUT2D eigenvalue weighted by Gasteiger charge is 2.49. The molecule has 4 aromatic rings. The number of piperazine rings is 1. The number of fused-ring (bicyclic) bond motifs is 5. The summed E-state index contributed by atoms with van der Waals surface area (Å²) in [5, 5.41) is 22.6. The van der Waals surface area contributed by atoms with Gasteiger partial charge in [-0.25, -0.2) is 18.0 Å². The Morgan fingerprint density at radius 3 is 2.49 bits per heavy atom. The van der Waals surface area contributed by atoms with Gasteiger partial charge in [-0.2, -0.15) is 23.1 Å². The highest BCUT2D eigenvalue weighted by atomic mass is 19.4. The molecule has 4 fully saturated rings. The Morgan fingerprint density at radius 1 is 1.08 bits per heavy atom. The van der Waals surface area contributed by atoms with Crippen LogP contribution in [0.15, 0.2) is 36.4 Å². The van der Waals surface area contributed by atoms with Crippen molar-refractivity contribution in [2.24, 2.45) is 0 Å². The van der Waals surface area contributed by atoms with Gasteiger partial charge in [-0.05, 0) is 67.4 Å². The van der Waals surface area contributed by atoms with E-state index in [2.05, 4.69) is 26.0 Å². The topological polar surface area (TPSA) is 111 Å². The normalized spacial score (nSPS) is 24.3. The van der Waals surface area contributed by atoms with Gasteiger partial charge in [-0.15, -0.1) is 6.42 Å². The molecule has 4 atom stereocenters. The number of terminal acetylenes is 1. The zero-order valence-electron chi connectivity index (χ0n) is 27.1. The van der Waals surface area contributed by atoms with Crippen LogP contribution in [-0.4, -0.2) is 93.8 Å². The first-order chi connectivity index (χ1) is 24.3. The lowest BCUT2D eigenvalue weighted by Gasteiger charge is -2.34. The number of carboxylic acid groups (broad SMARTS) is 1. The molecule has 0 amide bonds. The Balaban J connectivity index is 0.000000529. The lowest BCUT2D eigenvalue weighted by Crippen LogP contribution is -2.51. The number of anilines is 1. The predicted molar refractivity (Wildman–Crippen MR) is 176 cm³/mol. The second-order valence-electron chi connectivity index (χ2n) is 13.5. The van der Waals surface area contributed by atoms with E-state index in [1.165, 1.54) is 24.3 Å². The van der Waals surface area contributed by atoms with Gasteiger partial charge in [0, 0.05) is 54.5 Å². The number of phenolic OH excluding ortho intramolecular Hbond substituents is 1. The molecule has 4 saturated heterocycles. The minimum atomic E-state index is -5.08. The summed E-state index contributed by atoms with van der Waals surface area (Å²) < 4.78 is 84.0. The fraction of sp³-hybridized carbons (Fsp3) is 0.417. The number of nitrogens with one attached hydrogen (secondary N) is 1. The maximum atomic E-state index is 16.8. The number of alkyl halides is 4. The molecule has 5 heterocycles. The number of benzene rings is 3. The molecule has 3 aromatic carbocycles. The Labute approximate surface area is 288 Å². The van der Waals surface area contributed by atoms with Crippen molar-refractivity contribution in [1.29, 1.82) is 0 Å². The van der Waals surface area contributed by atoms with E-state index in [1.54, 1.807) is 12.1 Å². The Hall–Kier alpha value is -4.81. The van der Waals surface area contributed by atoms with Crippen molar-refractivity contribution in [2.75, 3.05) is 37.7 Å². The minimum Gasteiger partial charge on any atom is -0.508 e. The fourth-order valence-corrected chi connectivity index (χ4v) is 8.04. The Kier molecular flexibility index (Phi) is 8.87. The van der Waals surface area contributed by atoms with Crippen molar-refractivity contribution in [3.05, 3.63) is 53.6 Å². The molecule has 2 bridgehead atoms. The van der Waals surface area contributed by atoms with Crippen LogP contribution in [0.2, 0.25) is 0 Å². The third kappa shape index (κ3) is 6.46. The van der Waals surface area contributed by atoms with Crippen LogP contribution in [0.25, 0.3) is 32.8 Å². The highest BCUT2D eigenvalue weighted by molar-refractivity contribution is 6.04. The van der Waals surface area contributed by atoms with E-state index in [0.717, 1.165) is 32.2 Å². The van der Waals surface area contributed by atoms with Crippen molar-refractivity contribution in [2.45, 2.75) is 62.1 Å². The fourth-order valence-electron chi connectivity index (χ4n) is 8.04. The summed E-state index contributed by atoms with van der Waals surface area (Å²) in [5.41, 5.74) is 0.00827. The molecule has 1 aromatic heterocycles. The summed E-state index contributed by atoms with van der Waals surface area (Å²) in [6.45, 7) is 2.87. The van der Waals surface area contributed by atoms with Gasteiger partial charge in [-0.3, -0.25) is 4.90 Å². The first-order valence-corrected chi connectivity index (χ1v) is 16.5. The average Bonchev–Trinajstić information content (AvgIpc) is 3.73. The molecule has 3 N–H and O–H groups in total. The third-order valence-electron chi connectivity index (χ3n) is 10.2. The van der Waals surface area contributed by atoms with E-state index in [-0.39, 0.29) is 40.6 Å². The molecule has 4 aliphatic rings. The number of hydrogen-bond donors (Lipinski definition) is 3. The zero-order valence-corrected chi connectivity index (χ0v) is 27.1. The first-order valence-electron chi connectivity index (χ1n) is 16.5. The molecule has 51 heavy (non-hydrogen) atoms. The van der Waals surface area contributed by atoms with Gasteiger partial charge in [0.25, 0.3) is 0 Å². The number of ether oxygens (including phenoxy) is 1. The number of aliphatic carboxylic acids is 1. The maximum absolute atomic E-state index is 16.8. The number of aromatic nitrogens is 2. The van der Waals surface area contributed by atoms with Gasteiger partial charge >= 0.3 is 18.2 Å². The van der Waals surface area contributed by atoms with Crippen molar-refractivity contribution in [3.63, 3.8) is 0 Å². The number of phenols is 1. The van der Waals surface area contributed by atoms with Crippen molar-refractivity contribution < 1.29 is 46.1 Å². The van der Waals surface area contributed by atoms with Crippen LogP contribution in [0.5, 0.6) is 11.8 Å². The Bertz CT molecular complexity index is 2060. The standard InChI is InChI=1S/C34H32F3N5O2.C2HF3O2/c1-2-24-28(36)9-4-19-12-23(43)13-27(29(19)24)25-7-8-26-31(30(25)37)39-33(40-32(26)41-16-21-5-6-22(17-41)38-21)44-18-34-10-3-11-42(34)15-20(35)14-34;3-2(4,5)1(6)7/h1,4,7-9,12-13,20-22,38,43H,3,5-6,10-11,14-18H2;(H,6,7)/t20-,21?,22?,34+;/m1./s1. The second-order valence-corrected chi connectivity index (χ2v) is 13.5. The molecule has 15 heteroatoms. The highest BCUT2D eigenvalue weighted by Crippen LogP contribution is 2.42. The van der Waals surface area contributed by atoms with Crippen LogP contribution in [0.3, 0.4) is 0 Å². The van der Waals surface area contributed by atoms with Crippen molar-refractivity contribution in [1.82, 2.24) is 20.2 Å². The molecule has 8 rings (SSSR count). The van der Waals surface area contributed by atoms with E-state index in [0.29, 0.717) is 60.1 Å². The lowest BCUT2D eigenvalue weighted by molar-refractivity contribution is -0.192. The van der Waals surface area contributed by atoms with Crippen LogP contribution in [0.1, 0.15) is 37.7 Å². The van der Waals surface area contributed by atoms with E-state index in [4.69, 9.17) is 26.0 Å². The van der Waals surface area contributed by atoms with Crippen LogP contribution in [0, 0.1) is 24.0 Å². The van der Waals surface area contributed by atoms with Gasteiger partial charge in [0.2, 0.25) is 0 Å². The number of hydrogen-bond acceptors (Lipinski definition) is 8. The number of carboxylic acids is 1. The Morgan fingerprint density at radius 2 is 1.80 bits per heavy atom. The molecule has 268 valence electrons. The molecular weight excluding hydrogens is 680 g/mol. The SMILES string of the molecule is C#Cc1c(F)ccc2cc(O)cc(-c3ccc4c(N5CC6CCC(C5)N6)nc(OC[C@@]56CCCN5C[C@H](F)C6)nc4c3F)c12.O=C(O)C(F)(F)F. The number of carbonyl (C=O) groups is 1. The van der Waals surface area contributed by atoms with Crippen molar-refractivity contribution in [3.8, 4) is 35.2 Å². The molecule has 0 radical (unpaired) electrons. The molecule has 4 aliphatic heterocycles. The van der Waals surface area contributed by atoms with Gasteiger partial charge in [0.05, 0.1) is 11.1 Å². The maximum Gasteiger partial charge on any atom is 0.490 e. The second kappa shape index (κ2) is 13.1. The van der Waals surface area contributed by atoms with E-state index in [1.807, 2.05) is 0 Å². The molecule has 0 aliphatic carbocycles. The third-order valence-corrected chi connectivity index (χ3v) is 10.2. The van der Waals surface area contributed by atoms with Crippen LogP contribution in [-0.2, 0) is 4.79 Å². The number of nitrogens with zero attached hydrogens (tertiary/aromatic N) is 4. The molecule has 0 saturated carbocycles. The largest absolute Gasteiger partial charge is 0.508 e. The summed E-state index contributed by atoms with van der Waals surface area (Å²) in [6, 6.07) is 9.65. The van der Waals surface area contributed by atoms with Crippen LogP contribution < -0.4 is 15.0 Å². The molecule has 9 nitrogen and oxygen atoms in total. The van der Waals surface area contributed by atoms with E-state index in [9.17, 15) is 27.1 Å². The number of rotatable bonds is 5. The van der Waals surface area contributed by atoms with E-state index < -0.39 is 35.5 Å². The lowest BCUT2D eigenvalue weighted by atomic mass is 9.93. The van der Waals surface area contributed by atoms with Gasteiger partial charge < -0.3 is 25.2 Å². The smallest absolute Gasteiger partial charge is 0.490 e. The minimum absolute atomic E-state index is 0.0104. The molecular formula is C36H33F6N5O4. The summed E-state index contributed by atoms with van der Waals surface area (Å²) in [7, 11) is 0. The predicted octanol–water partition coefficient (Wildman–Crippen LogP) is 5.94. The van der Waals surface area contributed by atoms with Gasteiger partial charge in [0.15, 0.2) is 5.82 Å². The van der Waals surface area contributed by atoms with E-state index >= 15 is 4.39 Å². The first kappa shape index (κ1) is 34.6. The number of halogens is 6. The average molecular weight is 714 g/mol. The van der Waals surface area contributed by atoms with Crippen LogP contribution in [0.4, 0.5) is 32.2 Å². The van der Waals surface area contributed by atoms with Crippen LogP contribution >= 0.6 is 0 Å².